The van der Waals surface area contributed by atoms with Crippen molar-refractivity contribution in [3.63, 3.8) is 0 Å². The maximum absolute atomic E-state index is 11.5. The topological polar surface area (TPSA) is 67.8 Å². The lowest BCUT2D eigenvalue weighted by Crippen LogP contribution is -2.36. The molecular formula is C11H11N3O2. The van der Waals surface area contributed by atoms with Crippen LogP contribution < -0.4 is 10.6 Å². The number of amides is 2. The first-order valence-electron chi connectivity index (χ1n) is 4.58. The number of nitrogen functional groups attached to an aromatic ring is 1. The van der Waals surface area contributed by atoms with E-state index in [2.05, 4.69) is 4.85 Å². The molecule has 82 valence electrons. The minimum absolute atomic E-state index is 0.353. The molecule has 1 aromatic carbocycles. The third kappa shape index (κ3) is 2.58. The number of carbonyl (C=O) groups excluding carboxylic acids is 2. The van der Waals surface area contributed by atoms with Gasteiger partial charge >= 0.3 is 5.91 Å². The monoisotopic (exact) mass is 217 g/mol. The van der Waals surface area contributed by atoms with Crippen LogP contribution in [0.3, 0.4) is 0 Å². The predicted octanol–water partition coefficient (Wildman–Crippen LogP) is 1.07. The highest BCUT2D eigenvalue weighted by Gasteiger charge is 2.21. The molecule has 1 aromatic rings. The van der Waals surface area contributed by atoms with E-state index in [1.807, 2.05) is 0 Å². The summed E-state index contributed by atoms with van der Waals surface area (Å²) in [5.74, 6) is -0.979. The Morgan fingerprint density at radius 3 is 2.69 bits per heavy atom. The lowest BCUT2D eigenvalue weighted by molar-refractivity contribution is -0.124. The maximum Gasteiger partial charge on any atom is 0.313 e. The molecule has 0 heterocycles. The molecule has 0 aliphatic carbocycles. The van der Waals surface area contributed by atoms with Crippen molar-refractivity contribution in [3.05, 3.63) is 35.7 Å². The number of nitrogens with zero attached hydrogens (tertiary/aromatic N) is 2. The quantitative estimate of drug-likeness (QED) is 0.595. The van der Waals surface area contributed by atoms with Crippen LogP contribution in [0, 0.1) is 6.57 Å². The third-order valence-electron chi connectivity index (χ3n) is 1.91. The number of benzene rings is 1. The van der Waals surface area contributed by atoms with E-state index in [1.165, 1.54) is 13.0 Å². The fourth-order valence-electron chi connectivity index (χ4n) is 1.30. The standard InChI is InChI=1S/C11H11N3O2/c1-8(15)14(11(16)7-13-2)10-5-3-4-9(12)6-10/h3-6H,7,12H2,1H3. The highest BCUT2D eigenvalue weighted by molar-refractivity contribution is 6.15. The Morgan fingerprint density at radius 2 is 2.19 bits per heavy atom. The van der Waals surface area contributed by atoms with Gasteiger partial charge in [-0.25, -0.2) is 11.5 Å². The first-order valence-corrected chi connectivity index (χ1v) is 4.58. The molecule has 0 spiro atoms. The zero-order valence-electron chi connectivity index (χ0n) is 8.80. The second-order valence-electron chi connectivity index (χ2n) is 3.16. The molecule has 0 fully saturated rings. The number of rotatable bonds is 2. The second-order valence-corrected chi connectivity index (χ2v) is 3.16. The molecule has 0 aliphatic heterocycles. The SMILES string of the molecule is [C-]#[N+]CC(=O)N(C(C)=O)c1cccc(N)c1. The smallest absolute Gasteiger partial charge is 0.313 e. The van der Waals surface area contributed by atoms with Crippen molar-refractivity contribution < 1.29 is 9.59 Å². The first-order chi connectivity index (χ1) is 7.56. The van der Waals surface area contributed by atoms with Crippen LogP contribution >= 0.6 is 0 Å². The van der Waals surface area contributed by atoms with Gasteiger partial charge in [0, 0.05) is 12.6 Å². The van der Waals surface area contributed by atoms with Gasteiger partial charge in [-0.2, -0.15) is 0 Å². The normalized spacial score (nSPS) is 9.25. The highest BCUT2D eigenvalue weighted by atomic mass is 16.2. The van der Waals surface area contributed by atoms with E-state index < -0.39 is 11.8 Å². The van der Waals surface area contributed by atoms with E-state index in [4.69, 9.17) is 12.3 Å². The van der Waals surface area contributed by atoms with Crippen molar-refractivity contribution >= 4 is 23.2 Å². The molecule has 0 saturated heterocycles. The molecule has 16 heavy (non-hydrogen) atoms. The van der Waals surface area contributed by atoms with Gasteiger partial charge in [0.25, 0.3) is 6.54 Å². The molecule has 0 unspecified atom stereocenters. The van der Waals surface area contributed by atoms with E-state index in [9.17, 15) is 9.59 Å². The molecule has 5 nitrogen and oxygen atoms in total. The second kappa shape index (κ2) is 4.94. The summed E-state index contributed by atoms with van der Waals surface area (Å²) in [6.07, 6.45) is 0. The van der Waals surface area contributed by atoms with Gasteiger partial charge in [0.1, 0.15) is 0 Å². The fraction of sp³-hybridized carbons (Fsp3) is 0.182. The van der Waals surface area contributed by atoms with E-state index in [1.54, 1.807) is 18.2 Å². The average molecular weight is 217 g/mol. The number of carbonyl (C=O) groups is 2. The molecule has 0 atom stereocenters. The number of nitrogens with two attached hydrogens (primary N) is 1. The zero-order chi connectivity index (χ0) is 12.1. The van der Waals surface area contributed by atoms with Gasteiger partial charge in [0.15, 0.2) is 0 Å². The fourth-order valence-corrected chi connectivity index (χ4v) is 1.30. The van der Waals surface area contributed by atoms with Crippen LogP contribution in [0.1, 0.15) is 6.92 Å². The first kappa shape index (κ1) is 11.7. The Labute approximate surface area is 93.3 Å². The molecular weight excluding hydrogens is 206 g/mol. The summed E-state index contributed by atoms with van der Waals surface area (Å²) >= 11 is 0. The Morgan fingerprint density at radius 1 is 1.50 bits per heavy atom. The summed E-state index contributed by atoms with van der Waals surface area (Å²) in [6, 6.07) is 6.41. The van der Waals surface area contributed by atoms with Gasteiger partial charge in [-0.1, -0.05) is 6.07 Å². The lowest BCUT2D eigenvalue weighted by atomic mass is 10.2. The van der Waals surface area contributed by atoms with Crippen molar-refractivity contribution in [2.75, 3.05) is 17.2 Å². The number of hydrogen-bond acceptors (Lipinski definition) is 3. The van der Waals surface area contributed by atoms with Crippen LogP contribution in [-0.4, -0.2) is 18.4 Å². The van der Waals surface area contributed by atoms with Crippen molar-refractivity contribution in [2.45, 2.75) is 6.92 Å². The summed E-state index contributed by atoms with van der Waals surface area (Å²) in [7, 11) is 0. The predicted molar refractivity (Wildman–Crippen MR) is 60.5 cm³/mol. The minimum atomic E-state index is -0.548. The molecule has 2 N–H and O–H groups in total. The Kier molecular flexibility index (Phi) is 3.62. The van der Waals surface area contributed by atoms with Crippen LogP contribution in [0.5, 0.6) is 0 Å². The molecule has 0 saturated carbocycles. The van der Waals surface area contributed by atoms with E-state index in [0.29, 0.717) is 11.4 Å². The van der Waals surface area contributed by atoms with Crippen molar-refractivity contribution in [1.82, 2.24) is 0 Å². The summed E-state index contributed by atoms with van der Waals surface area (Å²) in [6.45, 7) is 7.53. The van der Waals surface area contributed by atoms with Crippen molar-refractivity contribution in [1.29, 1.82) is 0 Å². The number of imide groups is 1. The van der Waals surface area contributed by atoms with Crippen LogP contribution in [0.15, 0.2) is 24.3 Å². The van der Waals surface area contributed by atoms with Crippen LogP contribution in [0.4, 0.5) is 11.4 Å². The van der Waals surface area contributed by atoms with E-state index in [0.717, 1.165) is 4.90 Å². The summed E-state index contributed by atoms with van der Waals surface area (Å²) < 4.78 is 0. The third-order valence-corrected chi connectivity index (χ3v) is 1.91. The van der Waals surface area contributed by atoms with E-state index in [-0.39, 0.29) is 6.54 Å². The lowest BCUT2D eigenvalue weighted by Gasteiger charge is -2.16. The molecule has 0 bridgehead atoms. The minimum Gasteiger partial charge on any atom is -0.399 e. The summed E-state index contributed by atoms with van der Waals surface area (Å²) in [5.41, 5.74) is 6.41. The van der Waals surface area contributed by atoms with Gasteiger partial charge in [-0.05, 0) is 18.2 Å². The zero-order valence-corrected chi connectivity index (χ0v) is 8.80. The van der Waals surface area contributed by atoms with E-state index >= 15 is 0 Å². The number of anilines is 2. The molecule has 0 radical (unpaired) electrons. The van der Waals surface area contributed by atoms with Gasteiger partial charge in [0.05, 0.1) is 5.69 Å². The van der Waals surface area contributed by atoms with Crippen LogP contribution in [0.2, 0.25) is 0 Å². The average Bonchev–Trinajstić information content (AvgIpc) is 2.17. The molecule has 0 aromatic heterocycles. The van der Waals surface area contributed by atoms with Crippen LogP contribution in [-0.2, 0) is 9.59 Å². The van der Waals surface area contributed by atoms with Crippen molar-refractivity contribution in [3.8, 4) is 0 Å². The molecule has 5 heteroatoms. The largest absolute Gasteiger partial charge is 0.399 e. The Hall–Kier alpha value is -2.35. The summed E-state index contributed by atoms with van der Waals surface area (Å²) in [5, 5.41) is 0. The summed E-state index contributed by atoms with van der Waals surface area (Å²) in [4.78, 5) is 26.8. The molecule has 2 amide bonds. The van der Waals surface area contributed by atoms with Gasteiger partial charge in [0.2, 0.25) is 5.91 Å². The Bertz CT molecular complexity index is 463. The van der Waals surface area contributed by atoms with Gasteiger partial charge in [-0.15, -0.1) is 0 Å². The van der Waals surface area contributed by atoms with Crippen LogP contribution in [0.25, 0.3) is 4.85 Å². The van der Waals surface area contributed by atoms with Gasteiger partial charge in [-0.3, -0.25) is 9.59 Å². The van der Waals surface area contributed by atoms with Crippen molar-refractivity contribution in [2.24, 2.45) is 0 Å². The maximum atomic E-state index is 11.5. The van der Waals surface area contributed by atoms with Gasteiger partial charge < -0.3 is 10.6 Å². The Balaban J connectivity index is 3.09. The molecule has 0 aliphatic rings. The highest BCUT2D eigenvalue weighted by Crippen LogP contribution is 2.18. The number of hydrogen-bond donors (Lipinski definition) is 1. The molecule has 1 rings (SSSR count).